The lowest BCUT2D eigenvalue weighted by atomic mass is 10.1. The maximum atomic E-state index is 13.6. The van der Waals surface area contributed by atoms with Crippen molar-refractivity contribution < 1.29 is 14.0 Å². The van der Waals surface area contributed by atoms with E-state index in [-0.39, 0.29) is 24.3 Å². The van der Waals surface area contributed by atoms with Crippen LogP contribution >= 0.6 is 11.3 Å². The highest BCUT2D eigenvalue weighted by atomic mass is 32.1. The molecule has 4 rings (SSSR count). The first kappa shape index (κ1) is 21.4. The smallest absolute Gasteiger partial charge is 0.251 e. The zero-order valence-corrected chi connectivity index (χ0v) is 18.8. The van der Waals surface area contributed by atoms with Crippen LogP contribution in [0.4, 0.5) is 5.69 Å². The monoisotopic (exact) mass is 436 g/mol. The summed E-state index contributed by atoms with van der Waals surface area (Å²) in [5.41, 5.74) is 1.72. The third-order valence-corrected chi connectivity index (χ3v) is 6.57. The molecule has 0 saturated heterocycles. The lowest BCUT2D eigenvalue weighted by Crippen LogP contribution is -2.46. The van der Waals surface area contributed by atoms with Crippen LogP contribution in [0, 0.1) is 13.8 Å². The van der Waals surface area contributed by atoms with Crippen molar-refractivity contribution >= 4 is 28.8 Å². The molecule has 1 aromatic carbocycles. The summed E-state index contributed by atoms with van der Waals surface area (Å²) in [6.45, 7) is 3.83. The number of nitrogens with zero attached hydrogens (tertiary/aromatic N) is 1. The number of hydrogen-bond acceptors (Lipinski definition) is 4. The molecular formula is C25H28N2O3S. The van der Waals surface area contributed by atoms with Crippen molar-refractivity contribution in [3.63, 3.8) is 0 Å². The second-order valence-electron chi connectivity index (χ2n) is 8.20. The minimum Gasteiger partial charge on any atom is -0.464 e. The number of thiophene rings is 1. The van der Waals surface area contributed by atoms with Crippen molar-refractivity contribution in [3.05, 3.63) is 75.9 Å². The zero-order valence-electron chi connectivity index (χ0n) is 18.0. The van der Waals surface area contributed by atoms with E-state index < -0.39 is 6.04 Å². The highest BCUT2D eigenvalue weighted by Crippen LogP contribution is 2.31. The van der Waals surface area contributed by atoms with E-state index in [9.17, 15) is 9.59 Å². The Labute approximate surface area is 187 Å². The van der Waals surface area contributed by atoms with Gasteiger partial charge in [0.1, 0.15) is 11.5 Å². The quantitative estimate of drug-likeness (QED) is 0.544. The zero-order chi connectivity index (χ0) is 21.8. The van der Waals surface area contributed by atoms with E-state index in [1.54, 1.807) is 22.3 Å². The second-order valence-corrected chi connectivity index (χ2v) is 9.23. The van der Waals surface area contributed by atoms with E-state index in [2.05, 4.69) is 5.32 Å². The summed E-state index contributed by atoms with van der Waals surface area (Å²) in [6.07, 6.45) is 4.42. The Morgan fingerprint density at radius 2 is 1.94 bits per heavy atom. The van der Waals surface area contributed by atoms with Crippen molar-refractivity contribution in [1.29, 1.82) is 0 Å². The van der Waals surface area contributed by atoms with Gasteiger partial charge in [0.2, 0.25) is 5.91 Å². The number of aryl methyl sites for hydroxylation is 2. The maximum absolute atomic E-state index is 13.6. The number of carbonyl (C=O) groups is 2. The van der Waals surface area contributed by atoms with Gasteiger partial charge in [0, 0.05) is 16.6 Å². The molecule has 0 aliphatic heterocycles. The average Bonchev–Trinajstić information content (AvgIpc) is 3.49. The predicted octanol–water partition coefficient (Wildman–Crippen LogP) is 5.33. The third-order valence-electron chi connectivity index (χ3n) is 5.69. The average molecular weight is 437 g/mol. The first-order chi connectivity index (χ1) is 15.0. The molecule has 1 aliphatic carbocycles. The van der Waals surface area contributed by atoms with Crippen LogP contribution in [0.5, 0.6) is 0 Å². The number of benzene rings is 1. The molecule has 1 saturated carbocycles. The Hall–Kier alpha value is -2.86. The number of carbonyl (C=O) groups excluding carboxylic acids is 2. The molecule has 0 unspecified atom stereocenters. The number of hydrogen-bond donors (Lipinski definition) is 1. The van der Waals surface area contributed by atoms with Crippen molar-refractivity contribution in [2.24, 2.45) is 0 Å². The van der Waals surface area contributed by atoms with Crippen molar-refractivity contribution in [1.82, 2.24) is 5.32 Å². The van der Waals surface area contributed by atoms with Gasteiger partial charge in [-0.05, 0) is 68.0 Å². The predicted molar refractivity (Wildman–Crippen MR) is 123 cm³/mol. The third kappa shape index (κ3) is 5.07. The van der Waals surface area contributed by atoms with Gasteiger partial charge in [0.15, 0.2) is 6.04 Å². The topological polar surface area (TPSA) is 62.6 Å². The number of furan rings is 1. The van der Waals surface area contributed by atoms with Gasteiger partial charge in [0.25, 0.3) is 5.91 Å². The van der Waals surface area contributed by atoms with Crippen LogP contribution < -0.4 is 10.2 Å². The SMILES string of the molecule is Cc1cccc(N(C(=O)Cc2cccs2)[C@@H](C(=O)NC2CCCC2)c2ccc(C)o2)c1. The molecule has 6 heteroatoms. The number of nitrogens with one attached hydrogen (secondary N) is 1. The fourth-order valence-corrected chi connectivity index (χ4v) is 4.88. The highest BCUT2D eigenvalue weighted by Gasteiger charge is 2.36. The Morgan fingerprint density at radius 3 is 2.58 bits per heavy atom. The molecule has 0 bridgehead atoms. The molecule has 5 nitrogen and oxygen atoms in total. The lowest BCUT2D eigenvalue weighted by molar-refractivity contribution is -0.127. The molecule has 2 heterocycles. The summed E-state index contributed by atoms with van der Waals surface area (Å²) in [4.78, 5) is 29.7. The Balaban J connectivity index is 1.74. The molecule has 162 valence electrons. The van der Waals surface area contributed by atoms with Crippen molar-refractivity contribution in [3.8, 4) is 0 Å². The van der Waals surface area contributed by atoms with Crippen LogP contribution in [0.2, 0.25) is 0 Å². The normalized spacial score (nSPS) is 15.0. The van der Waals surface area contributed by atoms with Gasteiger partial charge in [0.05, 0.1) is 6.42 Å². The molecule has 2 aromatic heterocycles. The molecule has 31 heavy (non-hydrogen) atoms. The summed E-state index contributed by atoms with van der Waals surface area (Å²) in [6, 6.07) is 14.5. The molecule has 1 atom stereocenters. The van der Waals surface area contributed by atoms with Crippen LogP contribution in [0.15, 0.2) is 58.3 Å². The lowest BCUT2D eigenvalue weighted by Gasteiger charge is -2.31. The number of anilines is 1. The largest absolute Gasteiger partial charge is 0.464 e. The summed E-state index contributed by atoms with van der Waals surface area (Å²) < 4.78 is 5.90. The maximum Gasteiger partial charge on any atom is 0.251 e. The van der Waals surface area contributed by atoms with Crippen molar-refractivity contribution in [2.45, 2.75) is 58.0 Å². The summed E-state index contributed by atoms with van der Waals surface area (Å²) in [5, 5.41) is 5.13. The van der Waals surface area contributed by atoms with Gasteiger partial charge in [-0.1, -0.05) is 31.0 Å². The first-order valence-electron chi connectivity index (χ1n) is 10.8. The number of rotatable bonds is 7. The molecule has 3 aromatic rings. The standard InChI is InChI=1S/C25H28N2O3S/c1-17-7-5-10-20(15-17)27(23(28)16-21-11-6-14-31-21)24(22-13-12-18(2)30-22)25(29)26-19-8-3-4-9-19/h5-7,10-15,19,24H,3-4,8-9,16H2,1-2H3,(H,26,29)/t24-/m1/s1. The molecule has 1 N–H and O–H groups in total. The van der Waals surface area contributed by atoms with Crippen LogP contribution in [-0.2, 0) is 16.0 Å². The van der Waals surface area contributed by atoms with Gasteiger partial charge < -0.3 is 9.73 Å². The molecule has 0 spiro atoms. The Kier molecular flexibility index (Phi) is 6.56. The Bertz CT molecular complexity index is 1030. The second kappa shape index (κ2) is 9.52. The van der Waals surface area contributed by atoms with E-state index in [4.69, 9.17) is 4.42 Å². The summed E-state index contributed by atoms with van der Waals surface area (Å²) >= 11 is 1.54. The summed E-state index contributed by atoms with van der Waals surface area (Å²) in [7, 11) is 0. The molecule has 2 amide bonds. The van der Waals surface area contributed by atoms with Crippen LogP contribution in [-0.4, -0.2) is 17.9 Å². The van der Waals surface area contributed by atoms with Gasteiger partial charge in [-0.15, -0.1) is 11.3 Å². The fraction of sp³-hybridized carbons (Fsp3) is 0.360. The molecule has 1 aliphatic rings. The van der Waals surface area contributed by atoms with E-state index in [0.29, 0.717) is 17.2 Å². The van der Waals surface area contributed by atoms with Crippen LogP contribution in [0.25, 0.3) is 0 Å². The van der Waals surface area contributed by atoms with E-state index in [1.165, 1.54) is 0 Å². The van der Waals surface area contributed by atoms with E-state index >= 15 is 0 Å². The summed E-state index contributed by atoms with van der Waals surface area (Å²) in [5.74, 6) is 0.869. The van der Waals surface area contributed by atoms with Gasteiger partial charge in [-0.2, -0.15) is 0 Å². The van der Waals surface area contributed by atoms with Gasteiger partial charge in [-0.25, -0.2) is 0 Å². The van der Waals surface area contributed by atoms with Gasteiger partial charge in [-0.3, -0.25) is 14.5 Å². The molecule has 0 radical (unpaired) electrons. The Morgan fingerprint density at radius 1 is 1.13 bits per heavy atom. The van der Waals surface area contributed by atoms with E-state index in [0.717, 1.165) is 36.1 Å². The van der Waals surface area contributed by atoms with Crippen LogP contribution in [0.1, 0.15) is 53.7 Å². The minimum atomic E-state index is -0.858. The fourth-order valence-electron chi connectivity index (χ4n) is 4.19. The highest BCUT2D eigenvalue weighted by molar-refractivity contribution is 7.10. The first-order valence-corrected chi connectivity index (χ1v) is 11.7. The van der Waals surface area contributed by atoms with Gasteiger partial charge >= 0.3 is 0 Å². The molecular weight excluding hydrogens is 408 g/mol. The van der Waals surface area contributed by atoms with Crippen molar-refractivity contribution in [2.75, 3.05) is 4.90 Å². The number of amides is 2. The molecule has 1 fully saturated rings. The van der Waals surface area contributed by atoms with E-state index in [1.807, 2.05) is 61.7 Å². The minimum absolute atomic E-state index is 0.131. The van der Waals surface area contributed by atoms with Crippen LogP contribution in [0.3, 0.4) is 0 Å².